The summed E-state index contributed by atoms with van der Waals surface area (Å²) in [5, 5.41) is 0. The minimum Gasteiger partial charge on any atom is -0.547 e. The molecule has 0 radical (unpaired) electrons. The molecule has 2 fully saturated rings. The number of rotatable bonds is 6. The molecule has 0 saturated heterocycles. The highest BCUT2D eigenvalue weighted by molar-refractivity contribution is 6.70. The van der Waals surface area contributed by atoms with Crippen molar-refractivity contribution in [2.24, 2.45) is 23.2 Å². The Labute approximate surface area is 208 Å². The van der Waals surface area contributed by atoms with Crippen LogP contribution in [0.2, 0.25) is 19.6 Å². The van der Waals surface area contributed by atoms with Crippen molar-refractivity contribution in [1.29, 1.82) is 0 Å². The number of hydrogen-bond acceptors (Lipinski definition) is 3. The van der Waals surface area contributed by atoms with Gasteiger partial charge in [0.1, 0.15) is 6.10 Å². The Morgan fingerprint density at radius 3 is 2.47 bits per heavy atom. The SMILES string of the molecule is C[C@@H]1CC[C@@H](C(C)(C)c2ccccc2)[C@H](OC(=O)[C@@H]2CCCC[C@@]23CCC=C3O[Si](C)(C)C)C1. The van der Waals surface area contributed by atoms with E-state index in [1.54, 1.807) is 0 Å². The fourth-order valence-corrected chi connectivity index (χ4v) is 7.98. The molecular formula is C30H46O3Si. The largest absolute Gasteiger partial charge is 0.547 e. The lowest BCUT2D eigenvalue weighted by Gasteiger charge is -2.46. The molecule has 0 amide bonds. The second kappa shape index (κ2) is 9.83. The molecule has 0 aliphatic heterocycles. The van der Waals surface area contributed by atoms with Gasteiger partial charge in [0.25, 0.3) is 0 Å². The highest BCUT2D eigenvalue weighted by Gasteiger charge is 2.52. The Morgan fingerprint density at radius 1 is 1.03 bits per heavy atom. The maximum absolute atomic E-state index is 14.0. The van der Waals surface area contributed by atoms with E-state index in [9.17, 15) is 4.79 Å². The summed E-state index contributed by atoms with van der Waals surface area (Å²) in [7, 11) is -1.74. The van der Waals surface area contributed by atoms with E-state index >= 15 is 0 Å². The van der Waals surface area contributed by atoms with Crippen LogP contribution in [0.5, 0.6) is 0 Å². The van der Waals surface area contributed by atoms with Gasteiger partial charge in [0, 0.05) is 11.3 Å². The van der Waals surface area contributed by atoms with Gasteiger partial charge in [-0.05, 0) is 81.1 Å². The van der Waals surface area contributed by atoms with Gasteiger partial charge in [0.2, 0.25) is 8.32 Å². The highest BCUT2D eigenvalue weighted by atomic mass is 28.4. The van der Waals surface area contributed by atoms with Gasteiger partial charge in [-0.2, -0.15) is 0 Å². The van der Waals surface area contributed by atoms with Gasteiger partial charge in [-0.25, -0.2) is 0 Å². The van der Waals surface area contributed by atoms with Gasteiger partial charge < -0.3 is 9.16 Å². The highest BCUT2D eigenvalue weighted by Crippen LogP contribution is 2.55. The molecule has 1 aromatic carbocycles. The van der Waals surface area contributed by atoms with Crippen LogP contribution in [0.15, 0.2) is 42.2 Å². The summed E-state index contributed by atoms with van der Waals surface area (Å²) in [6, 6.07) is 10.8. The van der Waals surface area contributed by atoms with Crippen molar-refractivity contribution in [3.63, 3.8) is 0 Å². The molecule has 2 saturated carbocycles. The standard InChI is InChI=1S/C30H46O3Si/c1-22-17-18-24(29(2,3)23-13-8-7-9-14-23)26(21-22)32-28(31)25-15-10-11-19-30(25)20-12-16-27(30)33-34(4,5)6/h7-9,13-14,16,22,24-26H,10-12,15,17-21H2,1-6H3/t22-,24-,25+,26-,30-/m1/s1. The maximum Gasteiger partial charge on any atom is 0.310 e. The van der Waals surface area contributed by atoms with Gasteiger partial charge in [-0.1, -0.05) is 70.4 Å². The first-order valence-electron chi connectivity index (χ1n) is 13.7. The first-order chi connectivity index (χ1) is 16.0. The number of carbonyl (C=O) groups excluding carboxylic acids is 1. The Kier molecular flexibility index (Phi) is 7.39. The van der Waals surface area contributed by atoms with Crippen molar-refractivity contribution < 1.29 is 14.0 Å². The zero-order valence-corrected chi connectivity index (χ0v) is 23.4. The van der Waals surface area contributed by atoms with Crippen LogP contribution in [-0.2, 0) is 19.4 Å². The van der Waals surface area contributed by atoms with Crippen molar-refractivity contribution in [3.8, 4) is 0 Å². The first kappa shape index (κ1) is 25.5. The van der Waals surface area contributed by atoms with Gasteiger partial charge in [-0.3, -0.25) is 4.79 Å². The quantitative estimate of drug-likeness (QED) is 0.304. The van der Waals surface area contributed by atoms with Crippen molar-refractivity contribution in [1.82, 2.24) is 0 Å². The zero-order chi connectivity index (χ0) is 24.6. The lowest BCUT2D eigenvalue weighted by molar-refractivity contribution is -0.168. The van der Waals surface area contributed by atoms with Crippen LogP contribution >= 0.6 is 0 Å². The molecule has 5 atom stereocenters. The fourth-order valence-electron chi connectivity index (χ4n) is 7.04. The molecule has 0 heterocycles. The van der Waals surface area contributed by atoms with Crippen LogP contribution in [0.1, 0.15) is 84.1 Å². The molecule has 34 heavy (non-hydrogen) atoms. The molecule has 0 unspecified atom stereocenters. The van der Waals surface area contributed by atoms with Crippen molar-refractivity contribution in [3.05, 3.63) is 47.7 Å². The molecule has 1 aromatic rings. The molecule has 1 spiro atoms. The molecule has 0 bridgehead atoms. The number of allylic oxidation sites excluding steroid dienone is 2. The number of hydrogen-bond donors (Lipinski definition) is 0. The zero-order valence-electron chi connectivity index (χ0n) is 22.4. The number of carbonyl (C=O) groups is 1. The molecular weight excluding hydrogens is 436 g/mol. The summed E-state index contributed by atoms with van der Waals surface area (Å²) in [5.74, 6) is 2.03. The lowest BCUT2D eigenvalue weighted by Crippen LogP contribution is -2.47. The second-order valence-electron chi connectivity index (χ2n) is 12.9. The average Bonchev–Trinajstić information content (AvgIpc) is 3.14. The van der Waals surface area contributed by atoms with E-state index in [0.29, 0.717) is 11.8 Å². The Balaban J connectivity index is 1.57. The minimum absolute atomic E-state index is 0.0165. The summed E-state index contributed by atoms with van der Waals surface area (Å²) >= 11 is 0. The van der Waals surface area contributed by atoms with Gasteiger partial charge >= 0.3 is 5.97 Å². The lowest BCUT2D eigenvalue weighted by atomic mass is 9.63. The topological polar surface area (TPSA) is 35.5 Å². The number of benzene rings is 1. The predicted octanol–water partition coefficient (Wildman–Crippen LogP) is 8.02. The van der Waals surface area contributed by atoms with E-state index < -0.39 is 8.32 Å². The van der Waals surface area contributed by atoms with Crippen LogP contribution < -0.4 is 0 Å². The van der Waals surface area contributed by atoms with E-state index in [4.69, 9.17) is 9.16 Å². The fraction of sp³-hybridized carbons (Fsp3) is 0.700. The van der Waals surface area contributed by atoms with Gasteiger partial charge in [0.05, 0.1) is 11.7 Å². The van der Waals surface area contributed by atoms with Gasteiger partial charge in [0.15, 0.2) is 0 Å². The summed E-state index contributed by atoms with van der Waals surface area (Å²) in [5.41, 5.74) is 1.17. The smallest absolute Gasteiger partial charge is 0.310 e. The molecule has 188 valence electrons. The Bertz CT molecular complexity index is 884. The molecule has 0 N–H and O–H groups in total. The summed E-state index contributed by atoms with van der Waals surface area (Å²) in [4.78, 5) is 14.0. The van der Waals surface area contributed by atoms with E-state index in [-0.39, 0.29) is 28.8 Å². The summed E-state index contributed by atoms with van der Waals surface area (Å²) < 4.78 is 13.2. The Hall–Kier alpha value is -1.55. The van der Waals surface area contributed by atoms with Crippen LogP contribution in [0.4, 0.5) is 0 Å². The Morgan fingerprint density at radius 2 is 1.76 bits per heavy atom. The normalized spacial score (nSPS) is 32.4. The third-order valence-corrected chi connectivity index (χ3v) is 9.74. The second-order valence-corrected chi connectivity index (χ2v) is 17.3. The van der Waals surface area contributed by atoms with E-state index in [1.807, 2.05) is 0 Å². The first-order valence-corrected chi connectivity index (χ1v) is 17.1. The molecule has 4 rings (SSSR count). The third kappa shape index (κ3) is 5.17. The third-order valence-electron chi connectivity index (χ3n) is 8.91. The van der Waals surface area contributed by atoms with E-state index in [0.717, 1.165) is 50.7 Å². The van der Waals surface area contributed by atoms with Crippen LogP contribution in [-0.4, -0.2) is 20.4 Å². The molecule has 3 aliphatic rings. The van der Waals surface area contributed by atoms with Crippen molar-refractivity contribution in [2.45, 2.75) is 110 Å². The van der Waals surface area contributed by atoms with E-state index in [2.05, 4.69) is 76.8 Å². The molecule has 3 nitrogen and oxygen atoms in total. The van der Waals surface area contributed by atoms with Gasteiger partial charge in [-0.15, -0.1) is 0 Å². The minimum atomic E-state index is -1.74. The molecule has 4 heteroatoms. The van der Waals surface area contributed by atoms with Crippen LogP contribution in [0.3, 0.4) is 0 Å². The summed E-state index contributed by atoms with van der Waals surface area (Å²) in [6.45, 7) is 13.7. The van der Waals surface area contributed by atoms with E-state index in [1.165, 1.54) is 18.4 Å². The predicted molar refractivity (Wildman–Crippen MR) is 142 cm³/mol. The molecule has 3 aliphatic carbocycles. The monoisotopic (exact) mass is 482 g/mol. The van der Waals surface area contributed by atoms with Crippen LogP contribution in [0.25, 0.3) is 0 Å². The average molecular weight is 483 g/mol. The number of esters is 1. The van der Waals surface area contributed by atoms with Crippen LogP contribution in [0, 0.1) is 23.2 Å². The maximum atomic E-state index is 14.0. The van der Waals surface area contributed by atoms with Crippen molar-refractivity contribution >= 4 is 14.3 Å². The van der Waals surface area contributed by atoms with Crippen molar-refractivity contribution in [2.75, 3.05) is 0 Å². The molecule has 0 aromatic heterocycles. The summed E-state index contributed by atoms with van der Waals surface area (Å²) in [6.07, 6.45) is 11.9. The number of ether oxygens (including phenoxy) is 1.